The molecule has 0 bridgehead atoms. The van der Waals surface area contributed by atoms with Gasteiger partial charge in [-0.05, 0) is 55.4 Å². The molecule has 0 radical (unpaired) electrons. The number of hydrogen-bond acceptors (Lipinski definition) is 3. The maximum absolute atomic E-state index is 12.9. The number of aryl methyl sites for hydroxylation is 1. The zero-order valence-electron chi connectivity index (χ0n) is 14.4. The molecular formula is C19H22ClFN2O2. The van der Waals surface area contributed by atoms with Crippen molar-refractivity contribution < 1.29 is 13.9 Å². The highest BCUT2D eigenvalue weighted by atomic mass is 35.5. The number of amides is 1. The fourth-order valence-corrected chi connectivity index (χ4v) is 2.47. The van der Waals surface area contributed by atoms with Crippen LogP contribution in [0.5, 0.6) is 5.75 Å². The number of ether oxygens (including phenoxy) is 1. The van der Waals surface area contributed by atoms with Crippen LogP contribution >= 0.6 is 11.6 Å². The molecule has 0 spiro atoms. The van der Waals surface area contributed by atoms with Crippen LogP contribution in [0.1, 0.15) is 12.5 Å². The second kappa shape index (κ2) is 9.39. The van der Waals surface area contributed by atoms with Crippen molar-refractivity contribution in [1.29, 1.82) is 0 Å². The van der Waals surface area contributed by atoms with Crippen molar-refractivity contribution in [2.45, 2.75) is 13.8 Å². The van der Waals surface area contributed by atoms with Gasteiger partial charge in [-0.2, -0.15) is 0 Å². The lowest BCUT2D eigenvalue weighted by atomic mass is 10.2. The highest BCUT2D eigenvalue weighted by molar-refractivity contribution is 6.31. The third-order valence-electron chi connectivity index (χ3n) is 3.78. The minimum absolute atomic E-state index is 0.103. The minimum atomic E-state index is -0.296. The number of halogens is 2. The predicted molar refractivity (Wildman–Crippen MR) is 98.8 cm³/mol. The van der Waals surface area contributed by atoms with Crippen molar-refractivity contribution in [2.75, 3.05) is 31.6 Å². The number of anilines is 1. The van der Waals surface area contributed by atoms with E-state index in [-0.39, 0.29) is 18.3 Å². The fraction of sp³-hybridized carbons (Fsp3) is 0.316. The zero-order chi connectivity index (χ0) is 18.2. The molecule has 4 nitrogen and oxygen atoms in total. The van der Waals surface area contributed by atoms with E-state index >= 15 is 0 Å². The number of nitrogens with one attached hydrogen (secondary N) is 1. The van der Waals surface area contributed by atoms with Crippen molar-refractivity contribution >= 4 is 23.2 Å². The van der Waals surface area contributed by atoms with Gasteiger partial charge in [0, 0.05) is 17.3 Å². The maximum Gasteiger partial charge on any atom is 0.238 e. The van der Waals surface area contributed by atoms with E-state index in [1.165, 1.54) is 12.1 Å². The van der Waals surface area contributed by atoms with Crippen LogP contribution in [0.25, 0.3) is 0 Å². The number of nitrogens with zero attached hydrogens (tertiary/aromatic N) is 1. The third-order valence-corrected chi connectivity index (χ3v) is 4.01. The van der Waals surface area contributed by atoms with E-state index in [9.17, 15) is 9.18 Å². The Labute approximate surface area is 152 Å². The van der Waals surface area contributed by atoms with Crippen molar-refractivity contribution in [1.82, 2.24) is 4.90 Å². The van der Waals surface area contributed by atoms with E-state index in [4.69, 9.17) is 16.3 Å². The van der Waals surface area contributed by atoms with E-state index in [1.807, 2.05) is 24.8 Å². The van der Waals surface area contributed by atoms with Gasteiger partial charge < -0.3 is 10.1 Å². The average Bonchev–Trinajstić information content (AvgIpc) is 2.59. The molecule has 6 heteroatoms. The van der Waals surface area contributed by atoms with Crippen molar-refractivity contribution in [3.8, 4) is 5.75 Å². The van der Waals surface area contributed by atoms with Crippen LogP contribution in [-0.2, 0) is 4.79 Å². The van der Waals surface area contributed by atoms with E-state index in [2.05, 4.69) is 5.32 Å². The summed E-state index contributed by atoms with van der Waals surface area (Å²) in [7, 11) is 0. The Morgan fingerprint density at radius 3 is 2.64 bits per heavy atom. The summed E-state index contributed by atoms with van der Waals surface area (Å²) in [6.07, 6.45) is 0. The van der Waals surface area contributed by atoms with Crippen LogP contribution in [0.3, 0.4) is 0 Å². The second-order valence-electron chi connectivity index (χ2n) is 5.68. The van der Waals surface area contributed by atoms with Gasteiger partial charge in [0.2, 0.25) is 5.91 Å². The summed E-state index contributed by atoms with van der Waals surface area (Å²) in [6, 6.07) is 11.3. The molecule has 1 amide bonds. The summed E-state index contributed by atoms with van der Waals surface area (Å²) in [4.78, 5) is 14.2. The van der Waals surface area contributed by atoms with Crippen LogP contribution in [0.2, 0.25) is 5.02 Å². The molecule has 0 atom stereocenters. The molecule has 0 saturated carbocycles. The summed E-state index contributed by atoms with van der Waals surface area (Å²) in [5.74, 6) is 0.209. The Morgan fingerprint density at radius 2 is 1.96 bits per heavy atom. The first kappa shape index (κ1) is 19.2. The molecule has 0 aliphatic rings. The summed E-state index contributed by atoms with van der Waals surface area (Å²) < 4.78 is 18.4. The first-order valence-corrected chi connectivity index (χ1v) is 8.52. The highest BCUT2D eigenvalue weighted by Crippen LogP contribution is 2.20. The lowest BCUT2D eigenvalue weighted by molar-refractivity contribution is -0.117. The standard InChI is InChI=1S/C19H22ClFN2O2/c1-3-23(10-11-25-17-8-6-16(21)7-9-17)13-19(24)22-18-12-15(20)5-4-14(18)2/h4-9,12H,3,10-11,13H2,1-2H3,(H,22,24). The number of benzene rings is 2. The summed E-state index contributed by atoms with van der Waals surface area (Å²) in [6.45, 7) is 5.89. The van der Waals surface area contributed by atoms with Gasteiger partial charge >= 0.3 is 0 Å². The van der Waals surface area contributed by atoms with E-state index in [0.29, 0.717) is 30.5 Å². The van der Waals surface area contributed by atoms with Crippen molar-refractivity contribution in [3.63, 3.8) is 0 Å². The second-order valence-corrected chi connectivity index (χ2v) is 6.12. The lowest BCUT2D eigenvalue weighted by Gasteiger charge is -2.20. The van der Waals surface area contributed by atoms with Crippen molar-refractivity contribution in [3.05, 3.63) is 58.9 Å². The van der Waals surface area contributed by atoms with E-state index in [1.54, 1.807) is 24.3 Å². The monoisotopic (exact) mass is 364 g/mol. The molecular weight excluding hydrogens is 343 g/mol. The molecule has 1 N–H and O–H groups in total. The molecule has 0 aliphatic heterocycles. The van der Waals surface area contributed by atoms with Crippen molar-refractivity contribution in [2.24, 2.45) is 0 Å². The highest BCUT2D eigenvalue weighted by Gasteiger charge is 2.11. The fourth-order valence-electron chi connectivity index (χ4n) is 2.29. The predicted octanol–water partition coefficient (Wildman–Crippen LogP) is 4.13. The maximum atomic E-state index is 12.9. The first-order chi connectivity index (χ1) is 12.0. The summed E-state index contributed by atoms with van der Waals surface area (Å²) in [5, 5.41) is 3.47. The molecule has 0 aromatic heterocycles. The number of carbonyl (C=O) groups is 1. The van der Waals surface area contributed by atoms with E-state index < -0.39 is 0 Å². The van der Waals surface area contributed by atoms with Gasteiger partial charge in [-0.3, -0.25) is 9.69 Å². The number of hydrogen-bond donors (Lipinski definition) is 1. The summed E-state index contributed by atoms with van der Waals surface area (Å²) >= 11 is 5.97. The topological polar surface area (TPSA) is 41.6 Å². The van der Waals surface area contributed by atoms with Gasteiger partial charge in [0.25, 0.3) is 0 Å². The quantitative estimate of drug-likeness (QED) is 0.765. The van der Waals surface area contributed by atoms with E-state index in [0.717, 1.165) is 11.3 Å². The molecule has 2 rings (SSSR count). The van der Waals surface area contributed by atoms with Crippen LogP contribution in [-0.4, -0.2) is 37.0 Å². The van der Waals surface area contributed by atoms with Crippen LogP contribution < -0.4 is 10.1 Å². The van der Waals surface area contributed by atoms with Crippen LogP contribution in [0.4, 0.5) is 10.1 Å². The van der Waals surface area contributed by atoms with Gasteiger partial charge in [-0.25, -0.2) is 4.39 Å². The molecule has 0 heterocycles. The average molecular weight is 365 g/mol. The molecule has 2 aromatic rings. The summed E-state index contributed by atoms with van der Waals surface area (Å²) in [5.41, 5.74) is 1.68. The minimum Gasteiger partial charge on any atom is -0.492 e. The molecule has 0 saturated heterocycles. The Balaban J connectivity index is 1.81. The Kier molecular flexibility index (Phi) is 7.22. The number of carbonyl (C=O) groups excluding carboxylic acids is 1. The van der Waals surface area contributed by atoms with Gasteiger partial charge in [-0.15, -0.1) is 0 Å². The van der Waals surface area contributed by atoms with Crippen LogP contribution in [0, 0.1) is 12.7 Å². The van der Waals surface area contributed by atoms with Gasteiger partial charge in [-0.1, -0.05) is 24.6 Å². The third kappa shape index (κ3) is 6.36. The lowest BCUT2D eigenvalue weighted by Crippen LogP contribution is -2.36. The zero-order valence-corrected chi connectivity index (χ0v) is 15.1. The SMILES string of the molecule is CCN(CCOc1ccc(F)cc1)CC(=O)Nc1cc(Cl)ccc1C. The Bertz CT molecular complexity index is 707. The van der Waals surface area contributed by atoms with Crippen LogP contribution in [0.15, 0.2) is 42.5 Å². The van der Waals surface area contributed by atoms with Gasteiger partial charge in [0.1, 0.15) is 18.2 Å². The number of rotatable bonds is 8. The largest absolute Gasteiger partial charge is 0.492 e. The number of likely N-dealkylation sites (N-methyl/N-ethyl adjacent to an activating group) is 1. The molecule has 0 fully saturated rings. The van der Waals surface area contributed by atoms with Gasteiger partial charge in [0.05, 0.1) is 6.54 Å². The molecule has 2 aromatic carbocycles. The van der Waals surface area contributed by atoms with Gasteiger partial charge in [0.15, 0.2) is 0 Å². The smallest absolute Gasteiger partial charge is 0.238 e. The first-order valence-electron chi connectivity index (χ1n) is 8.14. The molecule has 0 unspecified atom stereocenters. The molecule has 0 aliphatic carbocycles. The molecule has 134 valence electrons. The Hall–Kier alpha value is -2.11. The molecule has 25 heavy (non-hydrogen) atoms. The normalized spacial score (nSPS) is 10.8. The Morgan fingerprint density at radius 1 is 1.24 bits per heavy atom.